The third kappa shape index (κ3) is 4.88. The van der Waals surface area contributed by atoms with Gasteiger partial charge in [-0.05, 0) is 54.8 Å². The number of benzene rings is 2. The van der Waals surface area contributed by atoms with Crippen LogP contribution in [0.15, 0.2) is 54.7 Å². The Hall–Kier alpha value is -3.87. The van der Waals surface area contributed by atoms with Gasteiger partial charge >= 0.3 is 0 Å². The molecule has 6 heteroatoms. The maximum Gasteiger partial charge on any atom is 0.237 e. The van der Waals surface area contributed by atoms with Gasteiger partial charge in [0.05, 0.1) is 35.5 Å². The van der Waals surface area contributed by atoms with E-state index < -0.39 is 0 Å². The number of anilines is 1. The van der Waals surface area contributed by atoms with Crippen LogP contribution in [0.25, 0.3) is 11.1 Å². The molecule has 0 aliphatic carbocycles. The van der Waals surface area contributed by atoms with Gasteiger partial charge in [0.1, 0.15) is 6.10 Å². The lowest BCUT2D eigenvalue weighted by Crippen LogP contribution is -2.40. The van der Waals surface area contributed by atoms with Gasteiger partial charge in [0.2, 0.25) is 5.88 Å². The fourth-order valence-corrected chi connectivity index (χ4v) is 3.75. The number of ether oxygens (including phenoxy) is 1. The quantitative estimate of drug-likeness (QED) is 0.557. The fourth-order valence-electron chi connectivity index (χ4n) is 3.75. The van der Waals surface area contributed by atoms with E-state index in [4.69, 9.17) is 10.00 Å². The van der Waals surface area contributed by atoms with Crippen molar-refractivity contribution in [3.63, 3.8) is 0 Å². The molecule has 2 aromatic carbocycles. The second-order valence-electron chi connectivity index (χ2n) is 7.81. The Balaban J connectivity index is 1.34. The Labute approximate surface area is 188 Å². The summed E-state index contributed by atoms with van der Waals surface area (Å²) in [7, 11) is 0. The van der Waals surface area contributed by atoms with Crippen LogP contribution >= 0.6 is 0 Å². The van der Waals surface area contributed by atoms with E-state index in [0.29, 0.717) is 30.1 Å². The van der Waals surface area contributed by atoms with Gasteiger partial charge in [-0.3, -0.25) is 0 Å². The highest BCUT2D eigenvalue weighted by Crippen LogP contribution is 2.32. The molecule has 0 unspecified atom stereocenters. The van der Waals surface area contributed by atoms with Crippen LogP contribution in [0.5, 0.6) is 5.88 Å². The summed E-state index contributed by atoms with van der Waals surface area (Å²) in [5.74, 6) is 0.586. The molecule has 3 aromatic rings. The molecule has 0 radical (unpaired) electrons. The van der Waals surface area contributed by atoms with E-state index in [0.717, 1.165) is 41.8 Å². The average Bonchev–Trinajstić information content (AvgIpc) is 2.86. The number of nitrogens with zero attached hydrogens (tertiary/aromatic N) is 3. The number of rotatable bonds is 7. The van der Waals surface area contributed by atoms with Gasteiger partial charge in [0.25, 0.3) is 0 Å². The molecule has 1 aliphatic rings. The molecule has 0 amide bonds. The van der Waals surface area contributed by atoms with Gasteiger partial charge in [-0.1, -0.05) is 31.2 Å². The van der Waals surface area contributed by atoms with Crippen LogP contribution in [0.2, 0.25) is 0 Å². The zero-order valence-electron chi connectivity index (χ0n) is 18.1. The average molecular weight is 424 g/mol. The summed E-state index contributed by atoms with van der Waals surface area (Å²) in [6, 6.07) is 20.1. The van der Waals surface area contributed by atoms with Crippen LogP contribution < -0.4 is 15.4 Å². The molecule has 32 heavy (non-hydrogen) atoms. The van der Waals surface area contributed by atoms with Gasteiger partial charge in [-0.15, -0.1) is 0 Å². The van der Waals surface area contributed by atoms with Crippen molar-refractivity contribution < 1.29 is 4.74 Å². The maximum absolute atomic E-state index is 9.54. The predicted molar refractivity (Wildman–Crippen MR) is 124 cm³/mol. The minimum Gasteiger partial charge on any atom is -0.470 e. The lowest BCUT2D eigenvalue weighted by atomic mass is 9.98. The van der Waals surface area contributed by atoms with E-state index in [-0.39, 0.29) is 6.10 Å². The van der Waals surface area contributed by atoms with E-state index in [1.165, 1.54) is 5.56 Å². The zero-order valence-corrected chi connectivity index (χ0v) is 18.1. The molecule has 2 N–H and O–H groups in total. The summed E-state index contributed by atoms with van der Waals surface area (Å²) in [5.41, 5.74) is 6.31. The smallest absolute Gasteiger partial charge is 0.237 e. The number of fused-ring (bicyclic) bond motifs is 1. The van der Waals surface area contributed by atoms with E-state index in [1.54, 1.807) is 6.20 Å². The molecular weight excluding hydrogens is 398 g/mol. The van der Waals surface area contributed by atoms with Gasteiger partial charge in [-0.25, -0.2) is 4.98 Å². The second-order valence-corrected chi connectivity index (χ2v) is 7.81. The first-order valence-corrected chi connectivity index (χ1v) is 10.8. The molecule has 0 spiro atoms. The number of nitriles is 2. The van der Waals surface area contributed by atoms with E-state index in [1.807, 2.05) is 42.5 Å². The number of aromatic nitrogens is 1. The number of aryl methyl sites for hydroxylation is 1. The summed E-state index contributed by atoms with van der Waals surface area (Å²) in [6.45, 7) is 4.30. The van der Waals surface area contributed by atoms with Gasteiger partial charge in [0, 0.05) is 23.9 Å². The summed E-state index contributed by atoms with van der Waals surface area (Å²) in [4.78, 5) is 4.51. The Morgan fingerprint density at radius 1 is 1.09 bits per heavy atom. The second kappa shape index (κ2) is 9.96. The zero-order chi connectivity index (χ0) is 22.3. The summed E-state index contributed by atoms with van der Waals surface area (Å²) >= 11 is 0. The molecule has 0 fully saturated rings. The van der Waals surface area contributed by atoms with Crippen LogP contribution in [0, 0.1) is 22.7 Å². The molecule has 1 aliphatic heterocycles. The Bertz CT molecular complexity index is 1170. The molecular formula is C26H25N5O. The van der Waals surface area contributed by atoms with Crippen molar-refractivity contribution in [1.29, 1.82) is 10.5 Å². The normalized spacial score (nSPS) is 14.4. The van der Waals surface area contributed by atoms with Crippen molar-refractivity contribution in [3.05, 3.63) is 77.0 Å². The van der Waals surface area contributed by atoms with Gasteiger partial charge in [0.15, 0.2) is 0 Å². The first-order valence-electron chi connectivity index (χ1n) is 10.8. The Morgan fingerprint density at radius 2 is 1.91 bits per heavy atom. The van der Waals surface area contributed by atoms with Crippen molar-refractivity contribution in [2.24, 2.45) is 0 Å². The van der Waals surface area contributed by atoms with Crippen LogP contribution in [0.4, 0.5) is 5.69 Å². The van der Waals surface area contributed by atoms with E-state index in [9.17, 15) is 5.26 Å². The van der Waals surface area contributed by atoms with Crippen molar-refractivity contribution >= 4 is 5.69 Å². The van der Waals surface area contributed by atoms with Gasteiger partial charge in [-0.2, -0.15) is 10.5 Å². The van der Waals surface area contributed by atoms with Crippen molar-refractivity contribution in [1.82, 2.24) is 10.3 Å². The molecule has 160 valence electrons. The van der Waals surface area contributed by atoms with Crippen LogP contribution in [-0.2, 0) is 12.8 Å². The lowest BCUT2D eigenvalue weighted by Gasteiger charge is -2.27. The number of nitrogens with one attached hydrogen (secondary N) is 2. The van der Waals surface area contributed by atoms with Crippen molar-refractivity contribution in [3.8, 4) is 29.1 Å². The van der Waals surface area contributed by atoms with E-state index >= 15 is 0 Å². The maximum atomic E-state index is 9.54. The fraction of sp³-hybridized carbons (Fsp3) is 0.269. The monoisotopic (exact) mass is 423 g/mol. The van der Waals surface area contributed by atoms with Crippen LogP contribution in [0.1, 0.15) is 29.2 Å². The third-order valence-electron chi connectivity index (χ3n) is 5.62. The van der Waals surface area contributed by atoms with Crippen molar-refractivity contribution in [2.45, 2.75) is 25.9 Å². The predicted octanol–water partition coefficient (Wildman–Crippen LogP) is 4.06. The Morgan fingerprint density at radius 3 is 2.66 bits per heavy atom. The molecule has 2 heterocycles. The van der Waals surface area contributed by atoms with E-state index in [2.05, 4.69) is 40.7 Å². The highest BCUT2D eigenvalue weighted by Gasteiger charge is 2.21. The summed E-state index contributed by atoms with van der Waals surface area (Å²) in [6.07, 6.45) is 3.54. The first kappa shape index (κ1) is 21.4. The number of hydrogen-bond acceptors (Lipinski definition) is 6. The number of pyridine rings is 1. The first-order chi connectivity index (χ1) is 15.7. The Kier molecular flexibility index (Phi) is 6.65. The number of hydrogen-bond donors (Lipinski definition) is 2. The van der Waals surface area contributed by atoms with Gasteiger partial charge < -0.3 is 15.4 Å². The van der Waals surface area contributed by atoms with Crippen molar-refractivity contribution in [2.75, 3.05) is 25.0 Å². The molecule has 4 rings (SSSR count). The topological polar surface area (TPSA) is 93.8 Å². The largest absolute Gasteiger partial charge is 0.470 e. The third-order valence-corrected chi connectivity index (χ3v) is 5.62. The molecule has 0 saturated heterocycles. The van der Waals surface area contributed by atoms with Crippen LogP contribution in [0.3, 0.4) is 0 Å². The summed E-state index contributed by atoms with van der Waals surface area (Å²) < 4.78 is 6.06. The summed E-state index contributed by atoms with van der Waals surface area (Å²) in [5, 5.41) is 25.3. The minimum absolute atomic E-state index is 0.0136. The molecule has 0 saturated carbocycles. The van der Waals surface area contributed by atoms with Crippen LogP contribution in [-0.4, -0.2) is 30.7 Å². The highest BCUT2D eigenvalue weighted by atomic mass is 16.5. The molecule has 6 nitrogen and oxygen atoms in total. The SMILES string of the molecule is CCc1ccc(-c2cnc3c(c2)NC[C@@H](CNCCc2ccc(C#N)cc2)O3)c(C#N)c1. The molecule has 0 bridgehead atoms. The molecule has 1 atom stereocenters. The standard InChI is InChI=1S/C26H25N5O/c1-2-18-7-8-24(21(11-18)14-28)22-12-25-26(31-15-22)32-23(17-30-25)16-29-10-9-19-3-5-20(13-27)6-4-19/h3-8,11-12,15,23,29-30H,2,9-10,16-17H2,1H3/t23-/m1/s1. The molecule has 1 aromatic heterocycles. The minimum atomic E-state index is -0.0136. The highest BCUT2D eigenvalue weighted by molar-refractivity contribution is 5.74. The lowest BCUT2D eigenvalue weighted by molar-refractivity contribution is 0.194.